The highest BCUT2D eigenvalue weighted by atomic mass is 16.5. The zero-order chi connectivity index (χ0) is 18.5. The van der Waals surface area contributed by atoms with E-state index < -0.39 is 0 Å². The molecule has 0 saturated carbocycles. The third kappa shape index (κ3) is 4.27. The van der Waals surface area contributed by atoms with Crippen molar-refractivity contribution in [3.8, 4) is 5.75 Å². The maximum absolute atomic E-state index is 5.45. The van der Waals surface area contributed by atoms with Crippen LogP contribution in [0.4, 0.5) is 23.1 Å². The summed E-state index contributed by atoms with van der Waals surface area (Å²) >= 11 is 0. The third-order valence-electron chi connectivity index (χ3n) is 3.91. The van der Waals surface area contributed by atoms with Crippen molar-refractivity contribution in [1.29, 1.82) is 0 Å². The third-order valence-corrected chi connectivity index (χ3v) is 3.91. The van der Waals surface area contributed by atoms with Crippen LogP contribution in [0.15, 0.2) is 42.6 Å². The molecule has 1 heterocycles. The van der Waals surface area contributed by atoms with Gasteiger partial charge in [0.1, 0.15) is 5.75 Å². The van der Waals surface area contributed by atoms with Crippen LogP contribution in [0.5, 0.6) is 5.75 Å². The van der Waals surface area contributed by atoms with Gasteiger partial charge >= 0.3 is 0 Å². The Balaban J connectivity index is 1.76. The van der Waals surface area contributed by atoms with E-state index in [2.05, 4.69) is 58.7 Å². The van der Waals surface area contributed by atoms with Crippen molar-refractivity contribution < 1.29 is 4.74 Å². The molecule has 0 spiro atoms. The largest absolute Gasteiger partial charge is 0.494 e. The van der Waals surface area contributed by atoms with Crippen molar-refractivity contribution in [2.24, 2.45) is 0 Å². The maximum Gasteiger partial charge on any atom is 0.249 e. The predicted molar refractivity (Wildman–Crippen MR) is 105 cm³/mol. The lowest BCUT2D eigenvalue weighted by atomic mass is 10.1. The summed E-state index contributed by atoms with van der Waals surface area (Å²) in [6, 6.07) is 12.0. The van der Waals surface area contributed by atoms with Crippen LogP contribution in [0.3, 0.4) is 0 Å². The predicted octanol–water partition coefficient (Wildman–Crippen LogP) is 4.68. The van der Waals surface area contributed by atoms with E-state index in [1.165, 1.54) is 5.56 Å². The Morgan fingerprint density at radius 2 is 1.65 bits per heavy atom. The van der Waals surface area contributed by atoms with Gasteiger partial charge in [0.15, 0.2) is 5.82 Å². The summed E-state index contributed by atoms with van der Waals surface area (Å²) in [5.41, 5.74) is 5.45. The maximum atomic E-state index is 5.45. The minimum atomic E-state index is 0.455. The zero-order valence-electron chi connectivity index (χ0n) is 15.5. The average molecular weight is 349 g/mol. The summed E-state index contributed by atoms with van der Waals surface area (Å²) < 4.78 is 5.45. The lowest BCUT2D eigenvalue weighted by Crippen LogP contribution is -2.04. The molecule has 0 bridgehead atoms. The van der Waals surface area contributed by atoms with Crippen LogP contribution in [0.1, 0.15) is 23.6 Å². The second kappa shape index (κ2) is 7.82. The minimum absolute atomic E-state index is 0.455. The Morgan fingerprint density at radius 1 is 0.962 bits per heavy atom. The van der Waals surface area contributed by atoms with Crippen LogP contribution >= 0.6 is 0 Å². The SMILES string of the molecule is CCOc1ccc(Nc2cnnc(Nc3c(C)cc(C)cc3C)n2)cc1. The van der Waals surface area contributed by atoms with Crippen LogP contribution < -0.4 is 15.4 Å². The van der Waals surface area contributed by atoms with Crippen LogP contribution in [0.2, 0.25) is 0 Å². The minimum Gasteiger partial charge on any atom is -0.494 e. The molecular formula is C20H23N5O. The fourth-order valence-corrected chi connectivity index (χ4v) is 2.85. The number of ether oxygens (including phenoxy) is 1. The Bertz CT molecular complexity index is 870. The van der Waals surface area contributed by atoms with Gasteiger partial charge in [0.2, 0.25) is 5.95 Å². The molecule has 2 aromatic carbocycles. The number of nitrogens with zero attached hydrogens (tertiary/aromatic N) is 3. The van der Waals surface area contributed by atoms with Gasteiger partial charge in [0, 0.05) is 11.4 Å². The first-order chi connectivity index (χ1) is 12.5. The van der Waals surface area contributed by atoms with E-state index in [9.17, 15) is 0 Å². The molecule has 3 rings (SSSR count). The molecule has 0 atom stereocenters. The fraction of sp³-hybridized carbons (Fsp3) is 0.250. The Morgan fingerprint density at radius 3 is 2.31 bits per heavy atom. The Kier molecular flexibility index (Phi) is 5.31. The van der Waals surface area contributed by atoms with E-state index in [1.54, 1.807) is 6.20 Å². The fourth-order valence-electron chi connectivity index (χ4n) is 2.85. The molecule has 0 aliphatic heterocycles. The summed E-state index contributed by atoms with van der Waals surface area (Å²) in [5.74, 6) is 1.91. The Hall–Kier alpha value is -3.15. The van der Waals surface area contributed by atoms with Crippen LogP contribution in [-0.2, 0) is 0 Å². The molecule has 2 N–H and O–H groups in total. The van der Waals surface area contributed by atoms with E-state index >= 15 is 0 Å². The van der Waals surface area contributed by atoms with Gasteiger partial charge in [-0.15, -0.1) is 5.10 Å². The summed E-state index contributed by atoms with van der Waals surface area (Å²) in [6.07, 6.45) is 1.59. The quantitative estimate of drug-likeness (QED) is 0.673. The molecule has 0 radical (unpaired) electrons. The second-order valence-corrected chi connectivity index (χ2v) is 6.15. The lowest BCUT2D eigenvalue weighted by molar-refractivity contribution is 0.340. The first kappa shape index (κ1) is 17.7. The van der Waals surface area contributed by atoms with Crippen molar-refractivity contribution in [3.05, 3.63) is 59.3 Å². The summed E-state index contributed by atoms with van der Waals surface area (Å²) in [4.78, 5) is 4.50. The molecule has 0 unspecified atom stereocenters. The standard InChI is InChI=1S/C20H23N5O/c1-5-26-17-8-6-16(7-9-17)22-18-12-21-25-20(23-18)24-19-14(3)10-13(2)11-15(19)4/h6-12H,5H2,1-4H3,(H2,22,23,24,25). The topological polar surface area (TPSA) is 72.0 Å². The molecule has 0 aliphatic carbocycles. The lowest BCUT2D eigenvalue weighted by Gasteiger charge is -2.13. The highest BCUT2D eigenvalue weighted by molar-refractivity contribution is 5.65. The van der Waals surface area contributed by atoms with E-state index in [0.29, 0.717) is 18.4 Å². The van der Waals surface area contributed by atoms with Crippen LogP contribution in [0.25, 0.3) is 0 Å². The summed E-state index contributed by atoms with van der Waals surface area (Å²) in [5, 5.41) is 14.6. The molecule has 134 valence electrons. The highest BCUT2D eigenvalue weighted by Crippen LogP contribution is 2.25. The first-order valence-corrected chi connectivity index (χ1v) is 8.59. The van der Waals surface area contributed by atoms with E-state index in [-0.39, 0.29) is 0 Å². The van der Waals surface area contributed by atoms with E-state index in [4.69, 9.17) is 4.74 Å². The number of nitrogens with one attached hydrogen (secondary N) is 2. The summed E-state index contributed by atoms with van der Waals surface area (Å²) in [7, 11) is 0. The zero-order valence-corrected chi connectivity index (χ0v) is 15.5. The van der Waals surface area contributed by atoms with Crippen molar-refractivity contribution in [2.75, 3.05) is 17.2 Å². The molecule has 0 amide bonds. The number of rotatable bonds is 6. The number of aromatic nitrogens is 3. The number of aryl methyl sites for hydroxylation is 3. The molecular weight excluding hydrogens is 326 g/mol. The molecule has 0 fully saturated rings. The first-order valence-electron chi connectivity index (χ1n) is 8.59. The van der Waals surface area contributed by atoms with Gasteiger partial charge in [0.25, 0.3) is 0 Å². The van der Waals surface area contributed by atoms with Crippen molar-refractivity contribution in [2.45, 2.75) is 27.7 Å². The molecule has 26 heavy (non-hydrogen) atoms. The molecule has 6 nitrogen and oxygen atoms in total. The Labute approximate surface area is 153 Å². The van der Waals surface area contributed by atoms with E-state index in [1.807, 2.05) is 31.2 Å². The normalized spacial score (nSPS) is 10.5. The van der Waals surface area contributed by atoms with Crippen molar-refractivity contribution in [3.63, 3.8) is 0 Å². The number of hydrogen-bond acceptors (Lipinski definition) is 6. The smallest absolute Gasteiger partial charge is 0.249 e. The van der Waals surface area contributed by atoms with Crippen LogP contribution in [-0.4, -0.2) is 21.8 Å². The molecule has 6 heteroatoms. The molecule has 0 saturated heterocycles. The molecule has 1 aromatic heterocycles. The van der Waals surface area contributed by atoms with Gasteiger partial charge in [-0.3, -0.25) is 0 Å². The van der Waals surface area contributed by atoms with Gasteiger partial charge < -0.3 is 15.4 Å². The average Bonchev–Trinajstić information content (AvgIpc) is 2.60. The number of benzene rings is 2. The van der Waals surface area contributed by atoms with Crippen LogP contribution in [0, 0.1) is 20.8 Å². The molecule has 3 aromatic rings. The number of anilines is 4. The van der Waals surface area contributed by atoms with Crippen molar-refractivity contribution in [1.82, 2.24) is 15.2 Å². The van der Waals surface area contributed by atoms with E-state index in [0.717, 1.165) is 28.3 Å². The van der Waals surface area contributed by atoms with Gasteiger partial charge in [-0.05, 0) is 63.1 Å². The molecule has 0 aliphatic rings. The monoisotopic (exact) mass is 349 g/mol. The van der Waals surface area contributed by atoms with Gasteiger partial charge in [-0.2, -0.15) is 10.1 Å². The highest BCUT2D eigenvalue weighted by Gasteiger charge is 2.07. The van der Waals surface area contributed by atoms with Crippen molar-refractivity contribution >= 4 is 23.1 Å². The second-order valence-electron chi connectivity index (χ2n) is 6.15. The van der Waals surface area contributed by atoms with Gasteiger partial charge in [-0.25, -0.2) is 0 Å². The van der Waals surface area contributed by atoms with Gasteiger partial charge in [0.05, 0.1) is 12.8 Å². The summed E-state index contributed by atoms with van der Waals surface area (Å²) in [6.45, 7) is 8.83. The number of hydrogen-bond donors (Lipinski definition) is 2. The van der Waals surface area contributed by atoms with Gasteiger partial charge in [-0.1, -0.05) is 17.7 Å².